The summed E-state index contributed by atoms with van der Waals surface area (Å²) >= 11 is 0. The summed E-state index contributed by atoms with van der Waals surface area (Å²) in [5.74, 6) is -2.49. The Hall–Kier alpha value is -3.67. The minimum absolute atomic E-state index is 0.0438. The molecule has 0 bridgehead atoms. The molecule has 2 atom stereocenters. The Kier molecular flexibility index (Phi) is 12.3. The summed E-state index contributed by atoms with van der Waals surface area (Å²) in [5.41, 5.74) is 4.10. The number of amides is 2. The van der Waals surface area contributed by atoms with Crippen LogP contribution in [-0.4, -0.2) is 73.2 Å². The molecule has 1 aliphatic heterocycles. The number of fused-ring (bicyclic) bond motifs is 1. The van der Waals surface area contributed by atoms with E-state index in [1.54, 1.807) is 24.0 Å². The summed E-state index contributed by atoms with van der Waals surface area (Å²) in [6, 6.07) is 13.1. The van der Waals surface area contributed by atoms with Crippen LogP contribution in [0.4, 0.5) is 8.78 Å². The van der Waals surface area contributed by atoms with Crippen LogP contribution in [0.5, 0.6) is 0 Å². The van der Waals surface area contributed by atoms with Crippen molar-refractivity contribution in [2.24, 2.45) is 0 Å². The van der Waals surface area contributed by atoms with Gasteiger partial charge < -0.3 is 20.2 Å². The second kappa shape index (κ2) is 16.0. The van der Waals surface area contributed by atoms with Crippen molar-refractivity contribution in [1.82, 2.24) is 15.1 Å². The van der Waals surface area contributed by atoms with E-state index in [1.165, 1.54) is 11.0 Å². The lowest BCUT2D eigenvalue weighted by molar-refractivity contribution is 0.0600. The molecule has 3 aromatic rings. The van der Waals surface area contributed by atoms with Gasteiger partial charge in [0.25, 0.3) is 11.8 Å². The Morgan fingerprint density at radius 2 is 1.51 bits per heavy atom. The summed E-state index contributed by atoms with van der Waals surface area (Å²) in [4.78, 5) is 30.5. The van der Waals surface area contributed by atoms with Crippen LogP contribution in [0.2, 0.25) is 0 Å². The highest BCUT2D eigenvalue weighted by molar-refractivity contribution is 7.90. The van der Waals surface area contributed by atoms with Gasteiger partial charge in [-0.2, -0.15) is 0 Å². The van der Waals surface area contributed by atoms with Gasteiger partial charge in [0.2, 0.25) is 0 Å². The molecule has 2 N–H and O–H groups in total. The highest BCUT2D eigenvalue weighted by atomic mass is 32.2. The van der Waals surface area contributed by atoms with Gasteiger partial charge in [-0.1, -0.05) is 39.0 Å². The second-order valence-electron chi connectivity index (χ2n) is 12.4. The number of carbonyl (C=O) groups is 2. The number of hydrogen-bond acceptors (Lipinski definition) is 6. The maximum absolute atomic E-state index is 14.1. The molecule has 0 fully saturated rings. The largest absolute Gasteiger partial charge is 0.390 e. The van der Waals surface area contributed by atoms with Crippen LogP contribution in [0.1, 0.15) is 88.2 Å². The van der Waals surface area contributed by atoms with Crippen molar-refractivity contribution in [1.29, 1.82) is 0 Å². The molecular formula is C36H45F2N3O5S. The first-order valence-corrected chi connectivity index (χ1v) is 18.0. The van der Waals surface area contributed by atoms with Gasteiger partial charge in [-0.05, 0) is 84.3 Å². The average molecular weight is 670 g/mol. The number of aliphatic hydroxyl groups excluding tert-OH is 1. The van der Waals surface area contributed by atoms with Crippen molar-refractivity contribution in [2.75, 3.05) is 31.9 Å². The Balaban J connectivity index is 1.59. The maximum atomic E-state index is 14.1. The Labute approximate surface area is 276 Å². The fourth-order valence-corrected chi connectivity index (χ4v) is 7.78. The quantitative estimate of drug-likeness (QED) is 0.240. The molecule has 11 heteroatoms. The summed E-state index contributed by atoms with van der Waals surface area (Å²) < 4.78 is 53.6. The molecule has 0 saturated heterocycles. The first-order valence-electron chi connectivity index (χ1n) is 16.2. The molecule has 0 spiro atoms. The van der Waals surface area contributed by atoms with Crippen molar-refractivity contribution in [3.63, 3.8) is 0 Å². The van der Waals surface area contributed by atoms with Gasteiger partial charge in [0.15, 0.2) is 9.84 Å². The molecule has 2 amide bonds. The van der Waals surface area contributed by atoms with Crippen LogP contribution in [0.15, 0.2) is 54.6 Å². The number of benzene rings is 3. The molecule has 47 heavy (non-hydrogen) atoms. The van der Waals surface area contributed by atoms with Crippen molar-refractivity contribution < 1.29 is 31.9 Å². The normalized spacial score (nSPS) is 15.9. The summed E-state index contributed by atoms with van der Waals surface area (Å²) in [7, 11) is -3.37. The minimum atomic E-state index is -3.37. The van der Waals surface area contributed by atoms with Gasteiger partial charge in [0.1, 0.15) is 11.6 Å². The molecule has 1 aliphatic rings. The Bertz CT molecular complexity index is 1670. The molecule has 0 radical (unpaired) electrons. The highest BCUT2D eigenvalue weighted by Gasteiger charge is 2.31. The lowest BCUT2D eigenvalue weighted by Gasteiger charge is -2.30. The first-order chi connectivity index (χ1) is 22.3. The zero-order valence-electron chi connectivity index (χ0n) is 27.6. The fourth-order valence-electron chi connectivity index (χ4n) is 6.12. The van der Waals surface area contributed by atoms with Crippen molar-refractivity contribution in [3.05, 3.63) is 105 Å². The fraction of sp³-hybridized carbons (Fsp3) is 0.444. The summed E-state index contributed by atoms with van der Waals surface area (Å²) in [5, 5.41) is 14.4. The molecule has 3 aromatic carbocycles. The van der Waals surface area contributed by atoms with Crippen LogP contribution in [0.25, 0.3) is 0 Å². The average Bonchev–Trinajstić information content (AvgIpc) is 3.01. The van der Waals surface area contributed by atoms with E-state index in [4.69, 9.17) is 0 Å². The second-order valence-corrected chi connectivity index (χ2v) is 14.5. The van der Waals surface area contributed by atoms with E-state index in [0.717, 1.165) is 48.6 Å². The smallest absolute Gasteiger partial charge is 0.254 e. The molecule has 4 rings (SSSR count). The van der Waals surface area contributed by atoms with Crippen LogP contribution in [0.3, 0.4) is 0 Å². The van der Waals surface area contributed by atoms with Gasteiger partial charge in [0, 0.05) is 56.0 Å². The van der Waals surface area contributed by atoms with Gasteiger partial charge in [0.05, 0.1) is 17.6 Å². The number of aliphatic hydroxyl groups is 1. The number of hydrogen-bond donors (Lipinski definition) is 2. The van der Waals surface area contributed by atoms with Gasteiger partial charge in [-0.3, -0.25) is 9.59 Å². The van der Waals surface area contributed by atoms with Gasteiger partial charge >= 0.3 is 0 Å². The third-order valence-corrected chi connectivity index (χ3v) is 9.84. The zero-order valence-corrected chi connectivity index (χ0v) is 28.4. The van der Waals surface area contributed by atoms with Gasteiger partial charge in [-0.25, -0.2) is 17.2 Å². The number of nitrogens with one attached hydrogen (secondary N) is 1. The highest BCUT2D eigenvalue weighted by Crippen LogP contribution is 2.29. The minimum Gasteiger partial charge on any atom is -0.390 e. The van der Waals surface area contributed by atoms with Gasteiger partial charge in [-0.15, -0.1) is 0 Å². The van der Waals surface area contributed by atoms with E-state index in [9.17, 15) is 31.9 Å². The molecular weight excluding hydrogens is 624 g/mol. The molecule has 0 unspecified atom stereocenters. The van der Waals surface area contributed by atoms with Crippen molar-refractivity contribution in [2.45, 2.75) is 71.4 Å². The van der Waals surface area contributed by atoms with Crippen LogP contribution in [-0.2, 0) is 28.6 Å². The number of sulfone groups is 1. The number of rotatable bonds is 14. The summed E-state index contributed by atoms with van der Waals surface area (Å²) in [6.45, 7) is 8.45. The predicted octanol–water partition coefficient (Wildman–Crippen LogP) is 5.36. The zero-order chi connectivity index (χ0) is 34.3. The monoisotopic (exact) mass is 669 g/mol. The van der Waals surface area contributed by atoms with Crippen LogP contribution >= 0.6 is 0 Å². The molecule has 0 saturated carbocycles. The topological polar surface area (TPSA) is 107 Å². The molecule has 0 aliphatic carbocycles. The standard InChI is InChI=1S/C36H45F2N3O5S/c1-5-10-40(11-6-2)35(43)28-12-24(4)13-29(17-28)36(44)41(20-26-14-30(37)18-31(38)15-26)21-32(42)19-39-34-23-47(45,46)22-27-9-8-25(7-3)16-33(27)34/h8-9,12-18,32,34,39,42H,5-7,10-11,19-23H2,1-4H3/t32-,34+/m1/s1. The SMILES string of the molecule is CCCN(CCC)C(=O)c1cc(C)cc(C(=O)N(Cc2cc(F)cc(F)c2)C[C@H](O)CN[C@H]2CS(=O)(=O)Cc3ccc(CC)cc32)c1. The lowest BCUT2D eigenvalue weighted by atomic mass is 9.98. The summed E-state index contributed by atoms with van der Waals surface area (Å²) in [6.07, 6.45) is 1.20. The van der Waals surface area contributed by atoms with E-state index < -0.39 is 39.5 Å². The Morgan fingerprint density at radius 3 is 2.11 bits per heavy atom. The van der Waals surface area contributed by atoms with E-state index in [2.05, 4.69) is 5.32 Å². The third kappa shape index (κ3) is 9.68. The van der Waals surface area contributed by atoms with Crippen LogP contribution < -0.4 is 5.32 Å². The predicted molar refractivity (Wildman–Crippen MR) is 179 cm³/mol. The van der Waals surface area contributed by atoms with Crippen LogP contribution in [0, 0.1) is 18.6 Å². The van der Waals surface area contributed by atoms with Crippen molar-refractivity contribution in [3.8, 4) is 0 Å². The number of aryl methyl sites for hydroxylation is 2. The van der Waals surface area contributed by atoms with E-state index in [0.29, 0.717) is 29.8 Å². The molecule has 254 valence electrons. The Morgan fingerprint density at radius 1 is 0.894 bits per heavy atom. The third-order valence-electron chi connectivity index (χ3n) is 8.25. The lowest BCUT2D eigenvalue weighted by Crippen LogP contribution is -2.43. The maximum Gasteiger partial charge on any atom is 0.254 e. The van der Waals surface area contributed by atoms with E-state index in [1.807, 2.05) is 39.0 Å². The van der Waals surface area contributed by atoms with E-state index in [-0.39, 0.29) is 48.2 Å². The number of carbonyl (C=O) groups excluding carboxylic acids is 2. The van der Waals surface area contributed by atoms with Crippen molar-refractivity contribution >= 4 is 21.7 Å². The number of halogens is 2. The number of nitrogens with zero attached hydrogens (tertiary/aromatic N) is 2. The van der Waals surface area contributed by atoms with E-state index >= 15 is 0 Å². The molecule has 1 heterocycles. The molecule has 0 aromatic heterocycles. The first kappa shape index (κ1) is 36.2. The molecule has 8 nitrogen and oxygen atoms in total.